The molecule has 3 aromatic rings. The molecule has 0 saturated carbocycles. The van der Waals surface area contributed by atoms with Gasteiger partial charge in [0, 0.05) is 29.4 Å². The van der Waals surface area contributed by atoms with E-state index in [1.165, 1.54) is 18.5 Å². The number of pyridine rings is 1. The molecule has 0 bridgehead atoms. The molecule has 6 nitrogen and oxygen atoms in total. The van der Waals surface area contributed by atoms with Crippen LogP contribution >= 0.6 is 47.4 Å². The van der Waals surface area contributed by atoms with Crippen molar-refractivity contribution in [3.8, 4) is 0 Å². The summed E-state index contributed by atoms with van der Waals surface area (Å²) in [4.78, 5) is 26.8. The number of fused-ring (bicyclic) bond motifs is 1. The van der Waals surface area contributed by atoms with E-state index >= 15 is 0 Å². The van der Waals surface area contributed by atoms with E-state index in [1.54, 1.807) is 0 Å². The first-order valence-electron chi connectivity index (χ1n) is 9.08. The zero-order valence-electron chi connectivity index (χ0n) is 16.3. The lowest BCUT2D eigenvalue weighted by molar-refractivity contribution is 0.0943. The fourth-order valence-electron chi connectivity index (χ4n) is 2.82. The topological polar surface area (TPSA) is 71.0 Å². The molecule has 0 unspecified atom stereocenters. The summed E-state index contributed by atoms with van der Waals surface area (Å²) in [6.45, 7) is 4.89. The van der Waals surface area contributed by atoms with E-state index in [4.69, 9.17) is 0 Å². The summed E-state index contributed by atoms with van der Waals surface area (Å²) in [5.41, 5.74) is 2.70. The third-order valence-electron chi connectivity index (χ3n) is 4.41. The van der Waals surface area contributed by atoms with E-state index in [0.29, 0.717) is 24.3 Å². The van der Waals surface area contributed by atoms with Gasteiger partial charge in [-0.15, -0.1) is 24.8 Å². The number of aromatic nitrogens is 3. The van der Waals surface area contributed by atoms with Gasteiger partial charge in [0.15, 0.2) is 0 Å². The van der Waals surface area contributed by atoms with E-state index in [9.17, 15) is 9.18 Å². The molecule has 0 aliphatic rings. The first kappa shape index (κ1) is 26.4. The second-order valence-electron chi connectivity index (χ2n) is 6.32. The summed E-state index contributed by atoms with van der Waals surface area (Å²) in [5, 5.41) is 2.89. The molecule has 1 N–H and O–H groups in total. The Morgan fingerprint density at radius 3 is 2.67 bits per heavy atom. The molecule has 1 amide bonds. The van der Waals surface area contributed by atoms with Gasteiger partial charge in [-0.1, -0.05) is 6.92 Å². The summed E-state index contributed by atoms with van der Waals surface area (Å²) in [5.74, 6) is -0.695. The number of rotatable bonds is 8. The number of carbonyl (C=O) groups excluding carboxylic acids is 1. The summed E-state index contributed by atoms with van der Waals surface area (Å²) >= 11 is 2.22. The molecule has 2 aromatic heterocycles. The second kappa shape index (κ2) is 12.9. The lowest BCUT2D eigenvalue weighted by Gasteiger charge is -2.20. The average Bonchev–Trinajstić information content (AvgIpc) is 2.70. The number of benzene rings is 1. The summed E-state index contributed by atoms with van der Waals surface area (Å²) in [6, 6.07) is 9.00. The van der Waals surface area contributed by atoms with Crippen LogP contribution in [0.4, 0.5) is 4.39 Å². The van der Waals surface area contributed by atoms with Crippen LogP contribution in [0.2, 0.25) is 0 Å². The third-order valence-corrected chi connectivity index (χ3v) is 5.08. The summed E-state index contributed by atoms with van der Waals surface area (Å²) in [7, 11) is 0. The molecular weight excluding hydrogens is 541 g/mol. The first-order chi connectivity index (χ1) is 13.5. The Hall–Kier alpha value is -1.62. The minimum absolute atomic E-state index is 0. The highest BCUT2D eigenvalue weighted by atomic mass is 125. The first-order valence-corrected chi connectivity index (χ1v) is 10.2. The fourth-order valence-corrected chi connectivity index (χ4v) is 3.30. The molecule has 0 fully saturated rings. The van der Waals surface area contributed by atoms with Crippen molar-refractivity contribution in [2.45, 2.75) is 13.3 Å². The minimum Gasteiger partial charge on any atom is -0.349 e. The molecule has 0 aliphatic carbocycles. The van der Waals surface area contributed by atoms with Crippen molar-refractivity contribution in [1.82, 2.24) is 25.2 Å². The lowest BCUT2D eigenvalue weighted by atomic mass is 10.2. The number of hydrogen-bond acceptors (Lipinski definition) is 5. The van der Waals surface area contributed by atoms with Gasteiger partial charge in [0.25, 0.3) is 5.91 Å². The molecule has 0 spiro atoms. The Balaban J connectivity index is 0.00000225. The zero-order valence-corrected chi connectivity index (χ0v) is 20.1. The van der Waals surface area contributed by atoms with Crippen LogP contribution in [-0.4, -0.2) is 51.9 Å². The maximum atomic E-state index is 13.2. The number of hydrogen-bond donors (Lipinski definition) is 1. The van der Waals surface area contributed by atoms with Gasteiger partial charge in [0.2, 0.25) is 5.95 Å². The molecule has 0 saturated heterocycles. The predicted octanol–water partition coefficient (Wildman–Crippen LogP) is 3.91. The van der Waals surface area contributed by atoms with Crippen molar-refractivity contribution in [3.05, 3.63) is 63.5 Å². The summed E-state index contributed by atoms with van der Waals surface area (Å²) < 4.78 is 14.2. The van der Waals surface area contributed by atoms with Crippen molar-refractivity contribution in [1.29, 1.82) is 0 Å². The molecule has 30 heavy (non-hydrogen) atoms. The Bertz CT molecular complexity index is 979. The number of nitrogens with one attached hydrogen (secondary N) is 1. The lowest BCUT2D eigenvalue weighted by Crippen LogP contribution is -2.36. The quantitative estimate of drug-likeness (QED) is 0.332. The standard InChI is InChI=1S/C20H21FIN5O.2ClH/c1-2-27(9-6-14-5-7-23-19(21)11-14)10-8-24-20(28)18-13-25-17-12-15(22)3-4-16(17)26-18;;/h3-5,7,11-13H,2,6,8-10H2,1H3,(H,24,28);2*1H/i22-2;;. The summed E-state index contributed by atoms with van der Waals surface area (Å²) in [6.07, 6.45) is 3.71. The zero-order chi connectivity index (χ0) is 19.9. The van der Waals surface area contributed by atoms with Crippen LogP contribution in [0.15, 0.2) is 42.7 Å². The largest absolute Gasteiger partial charge is 0.349 e. The van der Waals surface area contributed by atoms with Crippen LogP contribution < -0.4 is 5.32 Å². The molecular formula is C20H23Cl2FIN5O. The van der Waals surface area contributed by atoms with Gasteiger partial charge in [-0.25, -0.2) is 9.97 Å². The molecule has 0 aliphatic heterocycles. The van der Waals surface area contributed by atoms with Crippen molar-refractivity contribution < 1.29 is 9.18 Å². The fraction of sp³-hybridized carbons (Fsp3) is 0.300. The highest BCUT2D eigenvalue weighted by molar-refractivity contribution is 14.1. The number of amides is 1. The minimum atomic E-state index is -0.459. The predicted molar refractivity (Wildman–Crippen MR) is 129 cm³/mol. The van der Waals surface area contributed by atoms with E-state index < -0.39 is 5.95 Å². The maximum absolute atomic E-state index is 13.2. The van der Waals surface area contributed by atoms with Crippen molar-refractivity contribution in [3.63, 3.8) is 0 Å². The van der Waals surface area contributed by atoms with Gasteiger partial charge < -0.3 is 10.2 Å². The second-order valence-corrected chi connectivity index (χ2v) is 7.56. The number of likely N-dealkylation sites (N-methyl/N-ethyl adjacent to an activating group) is 1. The van der Waals surface area contributed by atoms with Gasteiger partial charge in [-0.05, 0) is 71.5 Å². The Labute approximate surface area is 201 Å². The molecule has 1 aromatic carbocycles. The van der Waals surface area contributed by atoms with Gasteiger partial charge in [-0.2, -0.15) is 4.39 Å². The molecule has 162 valence electrons. The number of halogens is 4. The number of nitrogens with zero attached hydrogens (tertiary/aromatic N) is 4. The Morgan fingerprint density at radius 1 is 1.13 bits per heavy atom. The Morgan fingerprint density at radius 2 is 1.93 bits per heavy atom. The average molecular weight is 564 g/mol. The highest BCUT2D eigenvalue weighted by Gasteiger charge is 2.10. The highest BCUT2D eigenvalue weighted by Crippen LogP contribution is 2.13. The van der Waals surface area contributed by atoms with E-state index in [0.717, 1.165) is 34.2 Å². The van der Waals surface area contributed by atoms with Gasteiger partial charge >= 0.3 is 0 Å². The van der Waals surface area contributed by atoms with Crippen molar-refractivity contribution >= 4 is 64.3 Å². The third kappa shape index (κ3) is 7.57. The SMILES string of the molecule is CCN(CCNC(=O)c1cnc2cc([125I])ccc2n1)CCc1ccnc(F)c1.Cl.Cl. The van der Waals surface area contributed by atoms with E-state index in [1.807, 2.05) is 24.3 Å². The number of carbonyl (C=O) groups is 1. The Kier molecular flexibility index (Phi) is 11.4. The van der Waals surface area contributed by atoms with Gasteiger partial charge in [0.1, 0.15) is 5.69 Å². The van der Waals surface area contributed by atoms with Crippen LogP contribution in [0.3, 0.4) is 0 Å². The molecule has 0 atom stereocenters. The van der Waals surface area contributed by atoms with Crippen LogP contribution in [0, 0.1) is 9.52 Å². The van der Waals surface area contributed by atoms with Crippen LogP contribution in [0.1, 0.15) is 23.0 Å². The van der Waals surface area contributed by atoms with E-state index in [-0.39, 0.29) is 30.7 Å². The molecule has 0 radical (unpaired) electrons. The van der Waals surface area contributed by atoms with Crippen LogP contribution in [0.5, 0.6) is 0 Å². The van der Waals surface area contributed by atoms with E-state index in [2.05, 4.69) is 54.7 Å². The maximum Gasteiger partial charge on any atom is 0.271 e. The normalized spacial score (nSPS) is 10.4. The van der Waals surface area contributed by atoms with Crippen molar-refractivity contribution in [2.75, 3.05) is 26.2 Å². The smallest absolute Gasteiger partial charge is 0.271 e. The molecule has 3 rings (SSSR count). The monoisotopic (exact) mass is 563 g/mol. The molecule has 10 heteroatoms. The van der Waals surface area contributed by atoms with Crippen molar-refractivity contribution in [2.24, 2.45) is 0 Å². The van der Waals surface area contributed by atoms with Gasteiger partial charge in [-0.3, -0.25) is 9.78 Å². The van der Waals surface area contributed by atoms with Gasteiger partial charge in [0.05, 0.1) is 17.2 Å². The van der Waals surface area contributed by atoms with Crippen LogP contribution in [-0.2, 0) is 6.42 Å². The molecule has 2 heterocycles. The van der Waals surface area contributed by atoms with Crippen LogP contribution in [0.25, 0.3) is 11.0 Å².